The third-order valence-corrected chi connectivity index (χ3v) is 6.38. The van der Waals surface area contributed by atoms with E-state index < -0.39 is 17.6 Å². The number of carbonyl (C=O) groups excluding carboxylic acids is 1. The zero-order valence-electron chi connectivity index (χ0n) is 18.9. The minimum atomic E-state index is -4.43. The van der Waals surface area contributed by atoms with E-state index in [2.05, 4.69) is 22.1 Å². The van der Waals surface area contributed by atoms with E-state index >= 15 is 4.39 Å². The zero-order valence-corrected chi connectivity index (χ0v) is 18.9. The quantitative estimate of drug-likeness (QED) is 0.487. The third-order valence-electron chi connectivity index (χ3n) is 6.38. The lowest BCUT2D eigenvalue weighted by Crippen LogP contribution is -2.48. The maximum atomic E-state index is 15.1. The molecule has 1 aliphatic heterocycles. The number of benzene rings is 1. The number of aryl methyl sites for hydroxylation is 2. The Morgan fingerprint density at radius 2 is 1.88 bits per heavy atom. The van der Waals surface area contributed by atoms with Crippen molar-refractivity contribution in [2.75, 3.05) is 6.54 Å². The fourth-order valence-corrected chi connectivity index (χ4v) is 4.50. The van der Waals surface area contributed by atoms with Crippen molar-refractivity contribution in [2.45, 2.75) is 51.7 Å². The lowest BCUT2D eigenvalue weighted by atomic mass is 9.86. The molecule has 180 valence electrons. The number of aromatic nitrogens is 4. The summed E-state index contributed by atoms with van der Waals surface area (Å²) in [6.45, 7) is 4.17. The molecule has 3 aromatic rings. The maximum absolute atomic E-state index is 15.1. The lowest BCUT2D eigenvalue weighted by Gasteiger charge is -2.40. The van der Waals surface area contributed by atoms with Gasteiger partial charge in [-0.2, -0.15) is 23.4 Å². The first-order chi connectivity index (χ1) is 16.2. The Bertz CT molecular complexity index is 1150. The lowest BCUT2D eigenvalue weighted by molar-refractivity contribution is -0.137. The van der Waals surface area contributed by atoms with Crippen LogP contribution in [0.4, 0.5) is 17.6 Å². The van der Waals surface area contributed by atoms with Crippen LogP contribution in [0, 0.1) is 18.7 Å². The van der Waals surface area contributed by atoms with Gasteiger partial charge in [-0.25, -0.2) is 4.39 Å². The molecule has 2 atom stereocenters. The highest BCUT2D eigenvalue weighted by atomic mass is 19.4. The SMILES string of the molecule is Cc1ccc(C(=O)N2CCC[C@@H](C)[C@H]2CCc2ccc(C(F)(F)F)cn2)c(-n2nccn2)c1F. The summed E-state index contributed by atoms with van der Waals surface area (Å²) in [5.41, 5.74) is 0.296. The average Bonchev–Trinajstić information content (AvgIpc) is 3.33. The van der Waals surface area contributed by atoms with Crippen LogP contribution in [0.25, 0.3) is 5.69 Å². The first-order valence-corrected chi connectivity index (χ1v) is 11.2. The highest BCUT2D eigenvalue weighted by molar-refractivity contribution is 5.98. The van der Waals surface area contributed by atoms with Gasteiger partial charge in [-0.15, -0.1) is 4.80 Å². The van der Waals surface area contributed by atoms with Crippen molar-refractivity contribution >= 4 is 5.91 Å². The van der Waals surface area contributed by atoms with Gasteiger partial charge in [-0.1, -0.05) is 13.0 Å². The fourth-order valence-electron chi connectivity index (χ4n) is 4.50. The van der Waals surface area contributed by atoms with E-state index in [-0.39, 0.29) is 29.1 Å². The normalized spacial score (nSPS) is 18.8. The van der Waals surface area contributed by atoms with Crippen molar-refractivity contribution in [1.82, 2.24) is 24.9 Å². The Labute approximate surface area is 194 Å². The second-order valence-electron chi connectivity index (χ2n) is 8.67. The minimum Gasteiger partial charge on any atom is -0.335 e. The van der Waals surface area contributed by atoms with Crippen LogP contribution in [0.2, 0.25) is 0 Å². The number of hydrogen-bond acceptors (Lipinski definition) is 4. The summed E-state index contributed by atoms with van der Waals surface area (Å²) in [5, 5.41) is 8.03. The molecule has 0 saturated carbocycles. The molecule has 34 heavy (non-hydrogen) atoms. The largest absolute Gasteiger partial charge is 0.417 e. The Kier molecular flexibility index (Phi) is 6.67. The number of pyridine rings is 1. The van der Waals surface area contributed by atoms with Crippen LogP contribution >= 0.6 is 0 Å². The van der Waals surface area contributed by atoms with Gasteiger partial charge < -0.3 is 4.90 Å². The number of halogens is 4. The molecular weight excluding hydrogens is 450 g/mol. The minimum absolute atomic E-state index is 0.0105. The summed E-state index contributed by atoms with van der Waals surface area (Å²) in [5.74, 6) is -0.700. The van der Waals surface area contributed by atoms with E-state index in [4.69, 9.17) is 0 Å². The fraction of sp³-hybridized carbons (Fsp3) is 0.417. The van der Waals surface area contributed by atoms with E-state index in [1.54, 1.807) is 24.0 Å². The van der Waals surface area contributed by atoms with Crippen molar-refractivity contribution in [1.29, 1.82) is 0 Å². The second-order valence-corrected chi connectivity index (χ2v) is 8.67. The van der Waals surface area contributed by atoms with Crippen LogP contribution < -0.4 is 0 Å². The standard InChI is InChI=1S/C24H25F4N5O/c1-15-4-3-13-32(20(15)10-8-18-7-6-17(14-29-18)24(26,27)28)23(34)19-9-5-16(2)21(25)22(19)33-30-11-12-31-33/h5-7,9,11-12,14-15,20H,3-4,8,10,13H2,1-2H3/t15-,20-/m1/s1. The highest BCUT2D eigenvalue weighted by Gasteiger charge is 2.34. The number of piperidine rings is 1. The molecule has 2 aromatic heterocycles. The van der Waals surface area contributed by atoms with E-state index in [0.29, 0.717) is 30.6 Å². The topological polar surface area (TPSA) is 63.9 Å². The average molecular weight is 475 g/mol. The molecule has 1 amide bonds. The number of carbonyl (C=O) groups is 1. The molecule has 1 aromatic carbocycles. The summed E-state index contributed by atoms with van der Waals surface area (Å²) in [4.78, 5) is 20.5. The van der Waals surface area contributed by atoms with Gasteiger partial charge in [-0.05, 0) is 62.3 Å². The number of amides is 1. The number of likely N-dealkylation sites (tertiary alicyclic amines) is 1. The van der Waals surface area contributed by atoms with Gasteiger partial charge in [0.05, 0.1) is 23.5 Å². The molecule has 4 rings (SSSR count). The zero-order chi connectivity index (χ0) is 24.5. The van der Waals surface area contributed by atoms with E-state index in [9.17, 15) is 18.0 Å². The van der Waals surface area contributed by atoms with Crippen LogP contribution in [0.5, 0.6) is 0 Å². The Hall–Kier alpha value is -3.30. The Morgan fingerprint density at radius 3 is 2.53 bits per heavy atom. The van der Waals surface area contributed by atoms with Gasteiger partial charge in [0.15, 0.2) is 5.82 Å². The molecule has 0 spiro atoms. The van der Waals surface area contributed by atoms with Crippen LogP contribution in [0.3, 0.4) is 0 Å². The van der Waals surface area contributed by atoms with E-state index in [0.717, 1.165) is 29.9 Å². The molecule has 3 heterocycles. The molecule has 6 nitrogen and oxygen atoms in total. The molecule has 1 aliphatic rings. The third kappa shape index (κ3) is 4.80. The molecule has 0 aliphatic carbocycles. The summed E-state index contributed by atoms with van der Waals surface area (Å²) >= 11 is 0. The van der Waals surface area contributed by atoms with Crippen molar-refractivity contribution in [3.05, 3.63) is 71.1 Å². The van der Waals surface area contributed by atoms with Crippen LogP contribution in [0.15, 0.2) is 42.9 Å². The Morgan fingerprint density at radius 1 is 1.15 bits per heavy atom. The first-order valence-electron chi connectivity index (χ1n) is 11.2. The summed E-state index contributed by atoms with van der Waals surface area (Å²) < 4.78 is 53.5. The van der Waals surface area contributed by atoms with Gasteiger partial charge in [0.2, 0.25) is 0 Å². The molecule has 0 N–H and O–H groups in total. The van der Waals surface area contributed by atoms with Gasteiger partial charge >= 0.3 is 6.18 Å². The van der Waals surface area contributed by atoms with Gasteiger partial charge in [0, 0.05) is 24.5 Å². The molecule has 10 heteroatoms. The predicted octanol–water partition coefficient (Wildman–Crippen LogP) is 5.00. The number of hydrogen-bond donors (Lipinski definition) is 0. The molecule has 1 saturated heterocycles. The number of rotatable bonds is 5. The van der Waals surface area contributed by atoms with Gasteiger partial charge in [-0.3, -0.25) is 9.78 Å². The summed E-state index contributed by atoms with van der Waals surface area (Å²) in [7, 11) is 0. The number of nitrogens with zero attached hydrogens (tertiary/aromatic N) is 5. The molecule has 0 unspecified atom stereocenters. The van der Waals surface area contributed by atoms with Crippen molar-refractivity contribution in [2.24, 2.45) is 5.92 Å². The van der Waals surface area contributed by atoms with E-state index in [1.165, 1.54) is 18.5 Å². The van der Waals surface area contributed by atoms with Crippen LogP contribution in [0.1, 0.15) is 53.4 Å². The Balaban J connectivity index is 1.58. The summed E-state index contributed by atoms with van der Waals surface area (Å²) in [6, 6.07) is 5.39. The number of alkyl halides is 3. The van der Waals surface area contributed by atoms with Crippen molar-refractivity contribution in [3.8, 4) is 5.69 Å². The van der Waals surface area contributed by atoms with Gasteiger partial charge in [0.1, 0.15) is 5.69 Å². The monoisotopic (exact) mass is 475 g/mol. The molecule has 1 fully saturated rings. The smallest absolute Gasteiger partial charge is 0.335 e. The first kappa shape index (κ1) is 23.8. The molecule has 0 bridgehead atoms. The maximum Gasteiger partial charge on any atom is 0.417 e. The van der Waals surface area contributed by atoms with E-state index in [1.807, 2.05) is 0 Å². The summed E-state index contributed by atoms with van der Waals surface area (Å²) in [6.07, 6.45) is 1.92. The second kappa shape index (κ2) is 9.52. The van der Waals surface area contributed by atoms with Crippen LogP contribution in [-0.2, 0) is 12.6 Å². The molecule has 0 radical (unpaired) electrons. The molecular formula is C24H25F4N5O. The van der Waals surface area contributed by atoms with Crippen molar-refractivity contribution in [3.63, 3.8) is 0 Å². The van der Waals surface area contributed by atoms with Crippen molar-refractivity contribution < 1.29 is 22.4 Å². The highest BCUT2D eigenvalue weighted by Crippen LogP contribution is 2.31. The predicted molar refractivity (Wildman–Crippen MR) is 117 cm³/mol. The van der Waals surface area contributed by atoms with Crippen LogP contribution in [-0.4, -0.2) is 43.4 Å². The van der Waals surface area contributed by atoms with Gasteiger partial charge in [0.25, 0.3) is 5.91 Å².